The molecule has 0 saturated heterocycles. The quantitative estimate of drug-likeness (QED) is 0.790. The number of rotatable bonds is 6. The molecule has 0 aliphatic heterocycles. The van der Waals surface area contributed by atoms with E-state index in [1.165, 1.54) is 32.1 Å². The van der Waals surface area contributed by atoms with Crippen molar-refractivity contribution in [2.75, 3.05) is 6.54 Å². The molecule has 1 amide bonds. The maximum atomic E-state index is 12.3. The van der Waals surface area contributed by atoms with Gasteiger partial charge in [0.2, 0.25) is 5.91 Å². The van der Waals surface area contributed by atoms with E-state index in [-0.39, 0.29) is 11.8 Å². The summed E-state index contributed by atoms with van der Waals surface area (Å²) in [6, 6.07) is 0. The van der Waals surface area contributed by atoms with E-state index in [1.54, 1.807) is 0 Å². The van der Waals surface area contributed by atoms with E-state index in [2.05, 4.69) is 12.2 Å². The van der Waals surface area contributed by atoms with Gasteiger partial charge in [-0.1, -0.05) is 45.4 Å². The predicted molar refractivity (Wildman–Crippen MR) is 81.8 cm³/mol. The average molecular weight is 295 g/mol. The van der Waals surface area contributed by atoms with Gasteiger partial charge in [0.1, 0.15) is 0 Å². The molecule has 2 N–H and O–H groups in total. The minimum atomic E-state index is -0.807. The van der Waals surface area contributed by atoms with Gasteiger partial charge in [0.15, 0.2) is 0 Å². The first-order chi connectivity index (χ1) is 10.1. The van der Waals surface area contributed by atoms with Gasteiger partial charge in [-0.05, 0) is 31.1 Å². The third-order valence-electron chi connectivity index (χ3n) is 5.47. The van der Waals surface area contributed by atoms with Crippen LogP contribution in [0.3, 0.4) is 0 Å². The molecule has 1 unspecified atom stereocenters. The summed E-state index contributed by atoms with van der Waals surface area (Å²) in [5.41, 5.74) is 0. The lowest BCUT2D eigenvalue weighted by molar-refractivity contribution is -0.146. The Bertz CT molecular complexity index is 363. The molecule has 0 aromatic rings. The summed E-state index contributed by atoms with van der Waals surface area (Å²) >= 11 is 0. The topological polar surface area (TPSA) is 66.4 Å². The van der Waals surface area contributed by atoms with Crippen LogP contribution < -0.4 is 5.32 Å². The second-order valence-electron chi connectivity index (χ2n) is 6.88. The van der Waals surface area contributed by atoms with Crippen LogP contribution in [0.5, 0.6) is 0 Å². The van der Waals surface area contributed by atoms with Crippen molar-refractivity contribution in [3.05, 3.63) is 0 Å². The number of hydrogen-bond acceptors (Lipinski definition) is 2. The summed E-state index contributed by atoms with van der Waals surface area (Å²) in [7, 11) is 0. The van der Waals surface area contributed by atoms with Crippen molar-refractivity contribution < 1.29 is 14.7 Å². The third-order valence-corrected chi connectivity index (χ3v) is 5.47. The van der Waals surface area contributed by atoms with Gasteiger partial charge < -0.3 is 10.4 Å². The number of carbonyl (C=O) groups excluding carboxylic acids is 1. The molecule has 120 valence electrons. The first-order valence-electron chi connectivity index (χ1n) is 8.62. The SMILES string of the molecule is CCC1C[C@H](C(=O)NCCC2CCCCC2)[C@H](C(=O)O)C1. The molecular weight excluding hydrogens is 266 g/mol. The van der Waals surface area contributed by atoms with Crippen LogP contribution in [0.1, 0.15) is 64.7 Å². The van der Waals surface area contributed by atoms with Gasteiger partial charge in [0, 0.05) is 6.54 Å². The molecule has 0 aromatic heterocycles. The van der Waals surface area contributed by atoms with Gasteiger partial charge >= 0.3 is 5.97 Å². The number of carbonyl (C=O) groups is 2. The monoisotopic (exact) mass is 295 g/mol. The van der Waals surface area contributed by atoms with Crippen LogP contribution in [0.4, 0.5) is 0 Å². The highest BCUT2D eigenvalue weighted by molar-refractivity contribution is 5.85. The first kappa shape index (κ1) is 16.3. The zero-order chi connectivity index (χ0) is 15.2. The average Bonchev–Trinajstić information content (AvgIpc) is 2.93. The van der Waals surface area contributed by atoms with Crippen molar-refractivity contribution in [3.63, 3.8) is 0 Å². The lowest BCUT2D eigenvalue weighted by Crippen LogP contribution is -2.36. The Morgan fingerprint density at radius 1 is 1.05 bits per heavy atom. The Kier molecular flexibility index (Phi) is 6.07. The molecule has 2 fully saturated rings. The Hall–Kier alpha value is -1.06. The maximum absolute atomic E-state index is 12.3. The van der Waals surface area contributed by atoms with Crippen molar-refractivity contribution in [2.24, 2.45) is 23.7 Å². The van der Waals surface area contributed by atoms with Gasteiger partial charge in [-0.2, -0.15) is 0 Å². The van der Waals surface area contributed by atoms with E-state index in [0.29, 0.717) is 18.9 Å². The van der Waals surface area contributed by atoms with E-state index in [1.807, 2.05) is 0 Å². The molecule has 2 aliphatic carbocycles. The predicted octanol–water partition coefficient (Wildman–Crippen LogP) is 3.21. The Balaban J connectivity index is 1.77. The fraction of sp³-hybridized carbons (Fsp3) is 0.882. The van der Waals surface area contributed by atoms with Gasteiger partial charge in [0.25, 0.3) is 0 Å². The van der Waals surface area contributed by atoms with E-state index < -0.39 is 11.9 Å². The van der Waals surface area contributed by atoms with Crippen LogP contribution in [0.25, 0.3) is 0 Å². The normalized spacial score (nSPS) is 30.2. The fourth-order valence-electron chi connectivity index (χ4n) is 4.05. The van der Waals surface area contributed by atoms with Gasteiger partial charge in [-0.25, -0.2) is 0 Å². The lowest BCUT2D eigenvalue weighted by atomic mass is 9.87. The van der Waals surface area contributed by atoms with E-state index in [9.17, 15) is 14.7 Å². The molecule has 2 rings (SSSR count). The molecule has 2 saturated carbocycles. The number of nitrogens with one attached hydrogen (secondary N) is 1. The van der Waals surface area contributed by atoms with Crippen molar-refractivity contribution in [3.8, 4) is 0 Å². The molecule has 0 spiro atoms. The fourth-order valence-corrected chi connectivity index (χ4v) is 4.05. The minimum absolute atomic E-state index is 0.0332. The highest BCUT2D eigenvalue weighted by atomic mass is 16.4. The van der Waals surface area contributed by atoms with Crippen LogP contribution >= 0.6 is 0 Å². The van der Waals surface area contributed by atoms with Crippen LogP contribution in [0, 0.1) is 23.7 Å². The number of carboxylic acid groups (broad SMARTS) is 1. The van der Waals surface area contributed by atoms with Crippen LogP contribution in [0.2, 0.25) is 0 Å². The number of aliphatic carboxylic acids is 1. The number of amides is 1. The summed E-state index contributed by atoms with van der Waals surface area (Å²) in [4.78, 5) is 23.6. The summed E-state index contributed by atoms with van der Waals surface area (Å²) in [5.74, 6) is -0.502. The zero-order valence-corrected chi connectivity index (χ0v) is 13.1. The van der Waals surface area contributed by atoms with Crippen LogP contribution in [0.15, 0.2) is 0 Å². The van der Waals surface area contributed by atoms with Crippen LogP contribution in [-0.4, -0.2) is 23.5 Å². The maximum Gasteiger partial charge on any atom is 0.307 e. The summed E-state index contributed by atoms with van der Waals surface area (Å²) in [6.45, 7) is 2.79. The van der Waals surface area contributed by atoms with Crippen molar-refractivity contribution >= 4 is 11.9 Å². The zero-order valence-electron chi connectivity index (χ0n) is 13.1. The Morgan fingerprint density at radius 2 is 1.71 bits per heavy atom. The number of hydrogen-bond donors (Lipinski definition) is 2. The largest absolute Gasteiger partial charge is 0.481 e. The summed E-state index contributed by atoms with van der Waals surface area (Å²) in [6.07, 6.45) is 9.98. The smallest absolute Gasteiger partial charge is 0.307 e. The molecule has 0 aromatic carbocycles. The van der Waals surface area contributed by atoms with Crippen molar-refractivity contribution in [1.82, 2.24) is 5.32 Å². The molecule has 0 bridgehead atoms. The third kappa shape index (κ3) is 4.45. The molecular formula is C17H29NO3. The molecule has 2 aliphatic rings. The highest BCUT2D eigenvalue weighted by Gasteiger charge is 2.41. The molecule has 21 heavy (non-hydrogen) atoms. The highest BCUT2D eigenvalue weighted by Crippen LogP contribution is 2.38. The van der Waals surface area contributed by atoms with Crippen LogP contribution in [-0.2, 0) is 9.59 Å². The van der Waals surface area contributed by atoms with Crippen molar-refractivity contribution in [1.29, 1.82) is 0 Å². The van der Waals surface area contributed by atoms with E-state index in [0.717, 1.165) is 25.2 Å². The standard InChI is InChI=1S/C17H29NO3/c1-2-12-10-14(15(11-12)17(20)21)16(19)18-9-8-13-6-4-3-5-7-13/h12-15H,2-11H2,1H3,(H,18,19)(H,20,21)/t12?,14-,15+/m0/s1. The Labute approximate surface area is 127 Å². The second kappa shape index (κ2) is 7.81. The van der Waals surface area contributed by atoms with Gasteiger partial charge in [-0.15, -0.1) is 0 Å². The number of carboxylic acids is 1. The van der Waals surface area contributed by atoms with E-state index >= 15 is 0 Å². The molecule has 0 radical (unpaired) electrons. The summed E-state index contributed by atoms with van der Waals surface area (Å²) < 4.78 is 0. The summed E-state index contributed by atoms with van der Waals surface area (Å²) in [5, 5.41) is 12.3. The molecule has 4 nitrogen and oxygen atoms in total. The molecule has 3 atom stereocenters. The van der Waals surface area contributed by atoms with Gasteiger partial charge in [-0.3, -0.25) is 9.59 Å². The first-order valence-corrected chi connectivity index (χ1v) is 8.62. The molecule has 4 heteroatoms. The molecule has 0 heterocycles. The van der Waals surface area contributed by atoms with Gasteiger partial charge in [0.05, 0.1) is 11.8 Å². The van der Waals surface area contributed by atoms with E-state index in [4.69, 9.17) is 0 Å². The Morgan fingerprint density at radius 3 is 2.33 bits per heavy atom. The minimum Gasteiger partial charge on any atom is -0.481 e. The second-order valence-corrected chi connectivity index (χ2v) is 6.88. The van der Waals surface area contributed by atoms with Crippen molar-refractivity contribution in [2.45, 2.75) is 64.7 Å². The lowest BCUT2D eigenvalue weighted by Gasteiger charge is -2.22.